The molecule has 2 aromatic rings. The molecule has 2 aliphatic heterocycles. The largest absolute Gasteiger partial charge is 0.372 e. The van der Waals surface area contributed by atoms with Crippen molar-refractivity contribution in [1.29, 1.82) is 0 Å². The molecule has 0 radical (unpaired) electrons. The van der Waals surface area contributed by atoms with Crippen LogP contribution in [0.1, 0.15) is 38.4 Å². The van der Waals surface area contributed by atoms with Crippen LogP contribution in [0.2, 0.25) is 0 Å². The van der Waals surface area contributed by atoms with E-state index in [4.69, 9.17) is 4.74 Å². The van der Waals surface area contributed by atoms with Gasteiger partial charge in [0, 0.05) is 26.1 Å². The molecule has 0 bridgehead atoms. The minimum absolute atomic E-state index is 0.0855. The minimum atomic E-state index is -0.121. The summed E-state index contributed by atoms with van der Waals surface area (Å²) in [6.45, 7) is 7.45. The zero-order valence-electron chi connectivity index (χ0n) is 18.0. The molecule has 2 fully saturated rings. The Morgan fingerprint density at radius 3 is 2.37 bits per heavy atom. The van der Waals surface area contributed by atoms with Crippen molar-refractivity contribution in [2.24, 2.45) is 7.05 Å². The molecule has 0 N–H and O–H groups in total. The van der Waals surface area contributed by atoms with E-state index in [1.54, 1.807) is 11.6 Å². The van der Waals surface area contributed by atoms with Crippen molar-refractivity contribution < 1.29 is 9.53 Å². The lowest BCUT2D eigenvalue weighted by Crippen LogP contribution is -2.51. The number of benzene rings is 1. The zero-order valence-corrected chi connectivity index (χ0v) is 18.0. The summed E-state index contributed by atoms with van der Waals surface area (Å²) >= 11 is 0. The average molecular weight is 414 g/mol. The monoisotopic (exact) mass is 413 g/mol. The quantitative estimate of drug-likeness (QED) is 0.757. The summed E-state index contributed by atoms with van der Waals surface area (Å²) in [5.41, 5.74) is 0.725. The molecule has 30 heavy (non-hydrogen) atoms. The number of carbonyl (C=O) groups excluding carboxylic acids is 1. The third kappa shape index (κ3) is 4.34. The van der Waals surface area contributed by atoms with Gasteiger partial charge >= 0.3 is 5.69 Å². The number of nitrogens with zero attached hydrogens (tertiary/aromatic N) is 5. The molecular weight excluding hydrogens is 382 g/mol. The van der Waals surface area contributed by atoms with Gasteiger partial charge in [-0.2, -0.15) is 5.10 Å². The summed E-state index contributed by atoms with van der Waals surface area (Å²) in [6, 6.07) is 9.67. The van der Waals surface area contributed by atoms with Crippen molar-refractivity contribution in [2.45, 2.75) is 44.8 Å². The summed E-state index contributed by atoms with van der Waals surface area (Å²) in [6.07, 6.45) is 1.93. The Morgan fingerprint density at radius 2 is 1.73 bits per heavy atom. The number of ether oxygens (including phenoxy) is 1. The van der Waals surface area contributed by atoms with Crippen molar-refractivity contribution in [1.82, 2.24) is 24.1 Å². The first kappa shape index (κ1) is 20.8. The van der Waals surface area contributed by atoms with Crippen LogP contribution in [0, 0.1) is 0 Å². The molecule has 4 rings (SSSR count). The second-order valence-electron chi connectivity index (χ2n) is 8.54. The predicted octanol–water partition coefficient (Wildman–Crippen LogP) is 1.39. The molecule has 2 aliphatic rings. The molecule has 3 heterocycles. The zero-order chi connectivity index (χ0) is 21.3. The van der Waals surface area contributed by atoms with E-state index in [1.807, 2.05) is 49.1 Å². The highest BCUT2D eigenvalue weighted by Gasteiger charge is 2.30. The van der Waals surface area contributed by atoms with Crippen molar-refractivity contribution >= 4 is 5.91 Å². The first-order chi connectivity index (χ1) is 14.4. The number of likely N-dealkylation sites (tertiary alicyclic amines) is 1. The number of amides is 1. The molecular formula is C22H31N5O3. The fourth-order valence-corrected chi connectivity index (χ4v) is 4.59. The predicted molar refractivity (Wildman–Crippen MR) is 114 cm³/mol. The van der Waals surface area contributed by atoms with Crippen LogP contribution in [0.4, 0.5) is 0 Å². The van der Waals surface area contributed by atoms with E-state index in [-0.39, 0.29) is 29.7 Å². The summed E-state index contributed by atoms with van der Waals surface area (Å²) < 4.78 is 8.87. The van der Waals surface area contributed by atoms with Crippen molar-refractivity contribution in [3.63, 3.8) is 0 Å². The van der Waals surface area contributed by atoms with E-state index < -0.39 is 0 Å². The molecule has 2 unspecified atom stereocenters. The fourth-order valence-electron chi connectivity index (χ4n) is 4.59. The second kappa shape index (κ2) is 8.73. The summed E-state index contributed by atoms with van der Waals surface area (Å²) in [5, 5.41) is 4.55. The van der Waals surface area contributed by atoms with Crippen LogP contribution in [0.25, 0.3) is 5.69 Å². The Balaban J connectivity index is 1.40. The van der Waals surface area contributed by atoms with Gasteiger partial charge < -0.3 is 9.64 Å². The van der Waals surface area contributed by atoms with Crippen LogP contribution in [0.5, 0.6) is 0 Å². The van der Waals surface area contributed by atoms with Crippen molar-refractivity contribution in [3.05, 3.63) is 46.6 Å². The second-order valence-corrected chi connectivity index (χ2v) is 8.54. The van der Waals surface area contributed by atoms with Crippen LogP contribution in [-0.4, -0.2) is 75.0 Å². The van der Waals surface area contributed by atoms with Crippen LogP contribution >= 0.6 is 0 Å². The molecule has 8 heteroatoms. The molecule has 2 saturated heterocycles. The standard InChI is InChI=1S/C22H31N5O3/c1-16-13-26(14-17(2)30-16)20(28)15-25-11-9-18(10-12-25)21-23-24(3)22(29)27(21)19-7-5-4-6-8-19/h4-8,16-18H,9-15H2,1-3H3. The maximum atomic E-state index is 12.8. The van der Waals surface area contributed by atoms with Gasteiger partial charge in [0.05, 0.1) is 24.4 Å². The summed E-state index contributed by atoms with van der Waals surface area (Å²) in [5.74, 6) is 1.19. The van der Waals surface area contributed by atoms with Gasteiger partial charge in [-0.3, -0.25) is 9.69 Å². The number of hydrogen-bond acceptors (Lipinski definition) is 5. The van der Waals surface area contributed by atoms with Gasteiger partial charge in [0.2, 0.25) is 5.91 Å². The van der Waals surface area contributed by atoms with E-state index in [0.717, 1.165) is 37.4 Å². The maximum Gasteiger partial charge on any atom is 0.350 e. The maximum absolute atomic E-state index is 12.8. The normalized spacial score (nSPS) is 23.6. The highest BCUT2D eigenvalue weighted by molar-refractivity contribution is 5.78. The first-order valence-electron chi connectivity index (χ1n) is 10.8. The molecule has 2 atom stereocenters. The lowest BCUT2D eigenvalue weighted by molar-refractivity contribution is -0.144. The Bertz CT molecular complexity index is 920. The number of carbonyl (C=O) groups is 1. The van der Waals surface area contributed by atoms with Gasteiger partial charge in [0.1, 0.15) is 5.82 Å². The first-order valence-corrected chi connectivity index (χ1v) is 10.8. The topological polar surface area (TPSA) is 72.6 Å². The van der Waals surface area contributed by atoms with Gasteiger partial charge in [-0.1, -0.05) is 18.2 Å². The van der Waals surface area contributed by atoms with Crippen LogP contribution in [-0.2, 0) is 16.6 Å². The SMILES string of the molecule is CC1CN(C(=O)CN2CCC(c3nn(C)c(=O)n3-c3ccccc3)CC2)CC(C)O1. The lowest BCUT2D eigenvalue weighted by atomic mass is 9.95. The van der Waals surface area contributed by atoms with Crippen molar-refractivity contribution in [2.75, 3.05) is 32.7 Å². The van der Waals surface area contributed by atoms with E-state index in [2.05, 4.69) is 10.00 Å². The number of hydrogen-bond donors (Lipinski definition) is 0. The van der Waals surface area contributed by atoms with E-state index in [9.17, 15) is 9.59 Å². The minimum Gasteiger partial charge on any atom is -0.372 e. The molecule has 162 valence electrons. The Labute approximate surface area is 177 Å². The van der Waals surface area contributed by atoms with Gasteiger partial charge in [-0.05, 0) is 51.9 Å². The molecule has 8 nitrogen and oxygen atoms in total. The van der Waals surface area contributed by atoms with Crippen molar-refractivity contribution in [3.8, 4) is 5.69 Å². The Kier molecular flexibility index (Phi) is 6.06. The molecule has 1 amide bonds. The third-order valence-electron chi connectivity index (χ3n) is 6.05. The van der Waals surface area contributed by atoms with E-state index >= 15 is 0 Å². The molecule has 0 spiro atoms. The smallest absolute Gasteiger partial charge is 0.350 e. The molecule has 0 aliphatic carbocycles. The van der Waals surface area contributed by atoms with E-state index in [0.29, 0.717) is 19.6 Å². The number of aromatic nitrogens is 3. The average Bonchev–Trinajstić information content (AvgIpc) is 3.03. The number of para-hydroxylation sites is 1. The third-order valence-corrected chi connectivity index (χ3v) is 6.05. The summed E-state index contributed by atoms with van der Waals surface area (Å²) in [4.78, 5) is 29.6. The Morgan fingerprint density at radius 1 is 1.10 bits per heavy atom. The fraction of sp³-hybridized carbons (Fsp3) is 0.591. The van der Waals surface area contributed by atoms with Crippen LogP contribution in [0.3, 0.4) is 0 Å². The van der Waals surface area contributed by atoms with Gasteiger partial charge in [-0.25, -0.2) is 14.0 Å². The molecule has 1 aromatic carbocycles. The van der Waals surface area contributed by atoms with Gasteiger partial charge in [0.15, 0.2) is 0 Å². The van der Waals surface area contributed by atoms with Gasteiger partial charge in [-0.15, -0.1) is 0 Å². The highest BCUT2D eigenvalue weighted by Crippen LogP contribution is 2.27. The molecule has 1 aromatic heterocycles. The number of piperidine rings is 1. The Hall–Kier alpha value is -2.45. The summed E-state index contributed by atoms with van der Waals surface area (Å²) in [7, 11) is 1.70. The van der Waals surface area contributed by atoms with Gasteiger partial charge in [0.25, 0.3) is 0 Å². The number of aryl methyl sites for hydroxylation is 1. The number of rotatable bonds is 4. The van der Waals surface area contributed by atoms with Crippen LogP contribution < -0.4 is 5.69 Å². The highest BCUT2D eigenvalue weighted by atomic mass is 16.5. The molecule has 0 saturated carbocycles. The van der Waals surface area contributed by atoms with E-state index in [1.165, 1.54) is 4.68 Å². The lowest BCUT2D eigenvalue weighted by Gasteiger charge is -2.37. The van der Waals surface area contributed by atoms with Crippen LogP contribution in [0.15, 0.2) is 35.1 Å². The number of morpholine rings is 1.